The lowest BCUT2D eigenvalue weighted by Crippen LogP contribution is -2.15. The van der Waals surface area contributed by atoms with Gasteiger partial charge in [-0.3, -0.25) is 4.72 Å². The number of anilines is 1. The number of halogens is 2. The molecule has 0 aliphatic heterocycles. The second-order valence-corrected chi connectivity index (χ2v) is 7.16. The average molecular weight is 387 g/mol. The molecule has 1 heterocycles. The van der Waals surface area contributed by atoms with Crippen molar-refractivity contribution < 1.29 is 8.42 Å². The molecule has 8 heteroatoms. The van der Waals surface area contributed by atoms with Crippen LogP contribution in [0.5, 0.6) is 0 Å². The molecule has 0 unspecified atom stereocenters. The number of aryl methyl sites for hydroxylation is 1. The molecule has 108 valence electrons. The minimum absolute atomic E-state index is 0.0382. The Morgan fingerprint density at radius 2 is 2.10 bits per heavy atom. The lowest BCUT2D eigenvalue weighted by molar-refractivity contribution is 0.601. The van der Waals surface area contributed by atoms with Crippen LogP contribution >= 0.6 is 27.5 Å². The predicted molar refractivity (Wildman–Crippen MR) is 83.6 cm³/mol. The van der Waals surface area contributed by atoms with Crippen molar-refractivity contribution >= 4 is 43.4 Å². The lowest BCUT2D eigenvalue weighted by Gasteiger charge is -2.11. The molecule has 0 atom stereocenters. The zero-order chi connectivity index (χ0) is 15.6. The maximum atomic E-state index is 12.4. The Labute approximate surface area is 135 Å². The van der Waals surface area contributed by atoms with Gasteiger partial charge in [0.25, 0.3) is 10.0 Å². The first kappa shape index (κ1) is 15.8. The van der Waals surface area contributed by atoms with Crippen LogP contribution in [0.4, 0.5) is 5.82 Å². The maximum Gasteiger partial charge on any atom is 0.264 e. The third-order valence-electron chi connectivity index (χ3n) is 2.63. The summed E-state index contributed by atoms with van der Waals surface area (Å²) in [6.45, 7) is 1.73. The molecule has 0 amide bonds. The van der Waals surface area contributed by atoms with Gasteiger partial charge in [0.15, 0.2) is 0 Å². The van der Waals surface area contributed by atoms with Gasteiger partial charge in [-0.2, -0.15) is 5.26 Å². The molecular weight excluding hydrogens is 378 g/mol. The number of benzene rings is 1. The summed E-state index contributed by atoms with van der Waals surface area (Å²) in [6, 6.07) is 7.65. The highest BCUT2D eigenvalue weighted by atomic mass is 79.9. The first-order valence-corrected chi connectivity index (χ1v) is 8.33. The molecule has 1 N–H and O–H groups in total. The minimum Gasteiger partial charge on any atom is -0.263 e. The van der Waals surface area contributed by atoms with E-state index in [1.54, 1.807) is 13.0 Å². The quantitative estimate of drug-likeness (QED) is 0.875. The summed E-state index contributed by atoms with van der Waals surface area (Å²) in [5.41, 5.74) is 0.862. The SMILES string of the molecule is Cc1cc(Br)cnc1NS(=O)(=O)c1cc(C#N)ccc1Cl. The molecule has 0 fully saturated rings. The van der Waals surface area contributed by atoms with Crippen molar-refractivity contribution in [3.8, 4) is 6.07 Å². The lowest BCUT2D eigenvalue weighted by atomic mass is 10.2. The van der Waals surface area contributed by atoms with E-state index >= 15 is 0 Å². The fraction of sp³-hybridized carbons (Fsp3) is 0.0769. The van der Waals surface area contributed by atoms with E-state index in [2.05, 4.69) is 25.6 Å². The highest BCUT2D eigenvalue weighted by Gasteiger charge is 2.20. The van der Waals surface area contributed by atoms with Crippen LogP contribution in [0.3, 0.4) is 0 Å². The molecular formula is C13H9BrClN3O2S. The highest BCUT2D eigenvalue weighted by molar-refractivity contribution is 9.10. The number of hydrogen-bond donors (Lipinski definition) is 1. The van der Waals surface area contributed by atoms with Crippen LogP contribution in [-0.4, -0.2) is 13.4 Å². The van der Waals surface area contributed by atoms with Gasteiger partial charge in [-0.15, -0.1) is 0 Å². The zero-order valence-electron chi connectivity index (χ0n) is 10.8. The fourth-order valence-electron chi connectivity index (χ4n) is 1.61. The number of nitrogens with one attached hydrogen (secondary N) is 1. The van der Waals surface area contributed by atoms with Gasteiger partial charge in [-0.05, 0) is 52.7 Å². The summed E-state index contributed by atoms with van der Waals surface area (Å²) in [7, 11) is -3.92. The highest BCUT2D eigenvalue weighted by Crippen LogP contribution is 2.26. The second kappa shape index (κ2) is 6.02. The van der Waals surface area contributed by atoms with Gasteiger partial charge < -0.3 is 0 Å². The van der Waals surface area contributed by atoms with Gasteiger partial charge in [0.1, 0.15) is 10.7 Å². The summed E-state index contributed by atoms with van der Waals surface area (Å²) >= 11 is 9.17. The van der Waals surface area contributed by atoms with E-state index in [0.717, 1.165) is 4.47 Å². The number of sulfonamides is 1. The summed E-state index contributed by atoms with van der Waals surface area (Å²) in [4.78, 5) is 3.86. The van der Waals surface area contributed by atoms with Crippen molar-refractivity contribution in [3.63, 3.8) is 0 Å². The minimum atomic E-state index is -3.92. The van der Waals surface area contributed by atoms with Gasteiger partial charge in [0, 0.05) is 10.7 Å². The number of nitriles is 1. The van der Waals surface area contributed by atoms with E-state index in [-0.39, 0.29) is 21.3 Å². The number of hydrogen-bond acceptors (Lipinski definition) is 4. The van der Waals surface area contributed by atoms with Crippen molar-refractivity contribution in [1.82, 2.24) is 4.98 Å². The Hall–Kier alpha value is -1.62. The molecule has 1 aromatic heterocycles. The number of pyridine rings is 1. The normalized spacial score (nSPS) is 11.0. The molecule has 2 rings (SSSR count). The van der Waals surface area contributed by atoms with Gasteiger partial charge >= 0.3 is 0 Å². The number of rotatable bonds is 3. The third kappa shape index (κ3) is 3.53. The van der Waals surface area contributed by atoms with Gasteiger partial charge in [-0.25, -0.2) is 13.4 Å². The standard InChI is InChI=1S/C13H9BrClN3O2S/c1-8-4-10(14)7-17-13(8)18-21(19,20)12-5-9(6-16)2-3-11(12)15/h2-5,7H,1H3,(H,17,18). The van der Waals surface area contributed by atoms with Gasteiger partial charge in [0.2, 0.25) is 0 Å². The van der Waals surface area contributed by atoms with Crippen molar-refractivity contribution in [3.05, 3.63) is 51.1 Å². The zero-order valence-corrected chi connectivity index (χ0v) is 13.9. The molecule has 2 aromatic rings. The molecule has 0 radical (unpaired) electrons. The largest absolute Gasteiger partial charge is 0.264 e. The summed E-state index contributed by atoms with van der Waals surface area (Å²) in [5, 5.41) is 8.90. The topological polar surface area (TPSA) is 82.8 Å². The first-order chi connectivity index (χ1) is 9.83. The predicted octanol–water partition coefficient (Wildman–Crippen LogP) is 3.48. The van der Waals surface area contributed by atoms with E-state index in [0.29, 0.717) is 5.56 Å². The Balaban J connectivity index is 2.46. The van der Waals surface area contributed by atoms with Crippen LogP contribution in [0.2, 0.25) is 5.02 Å². The maximum absolute atomic E-state index is 12.4. The Bertz CT molecular complexity index is 847. The van der Waals surface area contributed by atoms with E-state index in [1.807, 2.05) is 6.07 Å². The van der Waals surface area contributed by atoms with E-state index < -0.39 is 10.0 Å². The average Bonchev–Trinajstić information content (AvgIpc) is 2.42. The van der Waals surface area contributed by atoms with Crippen LogP contribution in [0.1, 0.15) is 11.1 Å². The van der Waals surface area contributed by atoms with Crippen molar-refractivity contribution in [2.24, 2.45) is 0 Å². The Morgan fingerprint density at radius 1 is 1.38 bits per heavy atom. The third-order valence-corrected chi connectivity index (χ3v) is 4.88. The summed E-state index contributed by atoms with van der Waals surface area (Å²) < 4.78 is 27.9. The number of nitrogens with zero attached hydrogens (tertiary/aromatic N) is 2. The van der Waals surface area contributed by atoms with Crippen molar-refractivity contribution in [2.45, 2.75) is 11.8 Å². The molecule has 0 saturated heterocycles. The Morgan fingerprint density at radius 3 is 2.71 bits per heavy atom. The Kier molecular flexibility index (Phi) is 4.52. The van der Waals surface area contributed by atoms with E-state index in [1.165, 1.54) is 24.4 Å². The number of aromatic nitrogens is 1. The summed E-state index contributed by atoms with van der Waals surface area (Å²) in [5.74, 6) is 0.205. The fourth-order valence-corrected chi connectivity index (χ4v) is 3.66. The van der Waals surface area contributed by atoms with Gasteiger partial charge in [0.05, 0.1) is 16.7 Å². The van der Waals surface area contributed by atoms with Crippen LogP contribution in [0.15, 0.2) is 39.8 Å². The van der Waals surface area contributed by atoms with Crippen molar-refractivity contribution in [2.75, 3.05) is 4.72 Å². The van der Waals surface area contributed by atoms with E-state index in [4.69, 9.17) is 16.9 Å². The molecule has 5 nitrogen and oxygen atoms in total. The van der Waals surface area contributed by atoms with Crippen LogP contribution < -0.4 is 4.72 Å². The van der Waals surface area contributed by atoms with Gasteiger partial charge in [-0.1, -0.05) is 11.6 Å². The van der Waals surface area contributed by atoms with Crippen LogP contribution in [0.25, 0.3) is 0 Å². The van der Waals surface area contributed by atoms with Crippen LogP contribution in [-0.2, 0) is 10.0 Å². The molecule has 21 heavy (non-hydrogen) atoms. The van der Waals surface area contributed by atoms with Crippen molar-refractivity contribution in [1.29, 1.82) is 5.26 Å². The molecule has 0 bridgehead atoms. The molecule has 0 aliphatic rings. The monoisotopic (exact) mass is 385 g/mol. The van der Waals surface area contributed by atoms with Crippen LogP contribution in [0, 0.1) is 18.3 Å². The van der Waals surface area contributed by atoms with E-state index in [9.17, 15) is 8.42 Å². The smallest absolute Gasteiger partial charge is 0.263 e. The molecule has 0 spiro atoms. The molecule has 0 saturated carbocycles. The molecule has 1 aromatic carbocycles. The molecule has 0 aliphatic carbocycles. The summed E-state index contributed by atoms with van der Waals surface area (Å²) in [6.07, 6.45) is 1.48. The first-order valence-electron chi connectivity index (χ1n) is 5.68. The second-order valence-electron chi connectivity index (χ2n) is 4.18.